The molecule has 6 heteroatoms. The van der Waals surface area contributed by atoms with Gasteiger partial charge < -0.3 is 19.9 Å². The van der Waals surface area contributed by atoms with Crippen molar-refractivity contribution >= 4 is 11.9 Å². The van der Waals surface area contributed by atoms with Gasteiger partial charge in [0.25, 0.3) is 0 Å². The van der Waals surface area contributed by atoms with Crippen LogP contribution in [0, 0.1) is 0 Å². The van der Waals surface area contributed by atoms with Crippen LogP contribution in [0.25, 0.3) is 0 Å². The Morgan fingerprint density at radius 2 is 1.57 bits per heavy atom. The van der Waals surface area contributed by atoms with Crippen molar-refractivity contribution in [2.45, 2.75) is 45.3 Å². The van der Waals surface area contributed by atoms with Gasteiger partial charge in [-0.2, -0.15) is 0 Å². The number of allylic oxidation sites excluding steroid dienone is 4. The molecule has 2 N–H and O–H groups in total. The summed E-state index contributed by atoms with van der Waals surface area (Å²) in [5.74, 6) is -1.12. The summed E-state index contributed by atoms with van der Waals surface area (Å²) >= 11 is 0. The van der Waals surface area contributed by atoms with E-state index in [9.17, 15) is 14.7 Å². The zero-order chi connectivity index (χ0) is 22.6. The highest BCUT2D eigenvalue weighted by Crippen LogP contribution is 2.31. The van der Waals surface area contributed by atoms with Crippen molar-refractivity contribution in [3.63, 3.8) is 0 Å². The van der Waals surface area contributed by atoms with Crippen LogP contribution in [0.15, 0.2) is 67.8 Å². The molecule has 0 saturated heterocycles. The predicted molar refractivity (Wildman–Crippen MR) is 118 cm³/mol. The molecule has 30 heavy (non-hydrogen) atoms. The van der Waals surface area contributed by atoms with Crippen LogP contribution < -0.4 is 14.8 Å². The second kappa shape index (κ2) is 12.6. The molecular weight excluding hydrogens is 382 g/mol. The monoisotopic (exact) mass is 413 g/mol. The fraction of sp³-hybridized carbons (Fsp3) is 0.333. The Balaban J connectivity index is 3.07. The van der Waals surface area contributed by atoms with Gasteiger partial charge in [0.05, 0.1) is 6.10 Å². The number of benzene rings is 1. The van der Waals surface area contributed by atoms with Crippen molar-refractivity contribution in [1.29, 1.82) is 0 Å². The first kappa shape index (κ1) is 25.1. The minimum absolute atomic E-state index is 0.0426. The highest BCUT2D eigenvalue weighted by molar-refractivity contribution is 5.86. The van der Waals surface area contributed by atoms with Crippen molar-refractivity contribution in [2.24, 2.45) is 0 Å². The first-order valence-corrected chi connectivity index (χ1v) is 9.71. The average Bonchev–Trinajstić information content (AvgIpc) is 2.67. The summed E-state index contributed by atoms with van der Waals surface area (Å²) in [5.41, 5.74) is 0.353. The number of carbonyl (C=O) groups excluding carboxylic acids is 2. The van der Waals surface area contributed by atoms with Crippen LogP contribution >= 0.6 is 0 Å². The van der Waals surface area contributed by atoms with E-state index in [2.05, 4.69) is 18.5 Å². The zero-order valence-electron chi connectivity index (χ0n) is 17.9. The quantitative estimate of drug-likeness (QED) is 0.245. The van der Waals surface area contributed by atoms with E-state index in [1.807, 2.05) is 20.8 Å². The molecule has 0 radical (unpaired) electrons. The van der Waals surface area contributed by atoms with Crippen LogP contribution in [-0.4, -0.2) is 29.1 Å². The number of nitrogens with one attached hydrogen (secondary N) is 1. The summed E-state index contributed by atoms with van der Waals surface area (Å²) in [5, 5.41) is 13.7. The summed E-state index contributed by atoms with van der Waals surface area (Å²) in [6.45, 7) is 13.4. The van der Waals surface area contributed by atoms with Crippen molar-refractivity contribution in [3.8, 4) is 11.5 Å². The SMILES string of the molecule is C=CCC=CC(=O)Oc1ccc(C(O)CNC(C)(C)C)cc1OC(=O)C=CCC=C. The maximum atomic E-state index is 12.1. The number of esters is 2. The van der Waals surface area contributed by atoms with Crippen molar-refractivity contribution in [3.05, 3.63) is 73.4 Å². The first-order valence-electron chi connectivity index (χ1n) is 9.71. The van der Waals surface area contributed by atoms with Gasteiger partial charge in [0, 0.05) is 24.2 Å². The fourth-order valence-corrected chi connectivity index (χ4v) is 2.22. The van der Waals surface area contributed by atoms with Crippen molar-refractivity contribution in [1.82, 2.24) is 5.32 Å². The van der Waals surface area contributed by atoms with E-state index < -0.39 is 18.0 Å². The Hall–Kier alpha value is -2.96. The normalized spacial score (nSPS) is 12.7. The van der Waals surface area contributed by atoms with Gasteiger partial charge in [-0.3, -0.25) is 0 Å². The lowest BCUT2D eigenvalue weighted by Gasteiger charge is -2.23. The molecule has 0 heterocycles. The molecule has 1 aromatic carbocycles. The molecule has 0 saturated carbocycles. The maximum Gasteiger partial charge on any atom is 0.335 e. The number of rotatable bonds is 11. The Kier molecular flexibility index (Phi) is 10.5. The van der Waals surface area contributed by atoms with Crippen LogP contribution in [0.3, 0.4) is 0 Å². The van der Waals surface area contributed by atoms with E-state index in [0.29, 0.717) is 24.9 Å². The summed E-state index contributed by atoms with van der Waals surface area (Å²) in [6.07, 6.45) is 9.24. The lowest BCUT2D eigenvalue weighted by molar-refractivity contribution is -0.131. The molecular formula is C24H31NO5. The molecule has 0 aliphatic carbocycles. The lowest BCUT2D eigenvalue weighted by atomic mass is 10.1. The van der Waals surface area contributed by atoms with Crippen LogP contribution in [-0.2, 0) is 9.59 Å². The molecule has 1 atom stereocenters. The number of carbonyl (C=O) groups is 2. The van der Waals surface area contributed by atoms with E-state index in [0.717, 1.165) is 0 Å². The molecule has 0 fully saturated rings. The largest absolute Gasteiger partial charge is 0.419 e. The van der Waals surface area contributed by atoms with E-state index >= 15 is 0 Å². The highest BCUT2D eigenvalue weighted by Gasteiger charge is 2.18. The van der Waals surface area contributed by atoms with E-state index in [-0.39, 0.29) is 17.0 Å². The summed E-state index contributed by atoms with van der Waals surface area (Å²) in [4.78, 5) is 24.1. The summed E-state index contributed by atoms with van der Waals surface area (Å²) in [6, 6.07) is 4.60. The van der Waals surface area contributed by atoms with Gasteiger partial charge in [-0.25, -0.2) is 9.59 Å². The van der Waals surface area contributed by atoms with E-state index in [1.165, 1.54) is 24.3 Å². The second-order valence-corrected chi connectivity index (χ2v) is 7.55. The molecule has 6 nitrogen and oxygen atoms in total. The number of hydrogen-bond donors (Lipinski definition) is 2. The third-order valence-electron chi connectivity index (χ3n) is 3.71. The van der Waals surface area contributed by atoms with Crippen LogP contribution in [0.4, 0.5) is 0 Å². The fourth-order valence-electron chi connectivity index (χ4n) is 2.22. The van der Waals surface area contributed by atoms with Crippen molar-refractivity contribution < 1.29 is 24.2 Å². The predicted octanol–water partition coefficient (Wildman–Crippen LogP) is 4.18. The molecule has 1 unspecified atom stereocenters. The van der Waals surface area contributed by atoms with E-state index in [1.54, 1.807) is 30.4 Å². The lowest BCUT2D eigenvalue weighted by Crippen LogP contribution is -2.38. The number of aliphatic hydroxyl groups is 1. The molecule has 0 aliphatic rings. The van der Waals surface area contributed by atoms with Crippen LogP contribution in [0.1, 0.15) is 45.3 Å². The third-order valence-corrected chi connectivity index (χ3v) is 3.71. The maximum absolute atomic E-state index is 12.1. The summed E-state index contributed by atoms with van der Waals surface area (Å²) in [7, 11) is 0. The first-order chi connectivity index (χ1) is 14.2. The van der Waals surface area contributed by atoms with Gasteiger partial charge in [0.2, 0.25) is 0 Å². The average molecular weight is 414 g/mol. The number of ether oxygens (including phenoxy) is 2. The van der Waals surface area contributed by atoms with Gasteiger partial charge in [0.15, 0.2) is 11.5 Å². The Bertz CT molecular complexity index is 802. The molecule has 0 amide bonds. The van der Waals surface area contributed by atoms with Gasteiger partial charge in [-0.1, -0.05) is 30.4 Å². The smallest absolute Gasteiger partial charge is 0.335 e. The molecule has 162 valence electrons. The number of β-amino-alcohol motifs (C(OH)–C–C–N with tert-alkyl or cyclic N) is 1. The van der Waals surface area contributed by atoms with Crippen LogP contribution in [0.2, 0.25) is 0 Å². The van der Waals surface area contributed by atoms with E-state index in [4.69, 9.17) is 9.47 Å². The molecule has 0 aromatic heterocycles. The standard InChI is InChI=1S/C24H31NO5/c1-6-8-10-12-22(27)29-20-15-14-18(19(26)17-25-24(3,4)5)16-21(20)30-23(28)13-11-9-7-2/h6-7,10-16,19,25-26H,1-2,8-9,17H2,3-5H3. The number of aliphatic hydroxyl groups excluding tert-OH is 1. The van der Waals surface area contributed by atoms with Gasteiger partial charge in [-0.05, 0) is 51.3 Å². The summed E-state index contributed by atoms with van der Waals surface area (Å²) < 4.78 is 10.6. The van der Waals surface area contributed by atoms with Gasteiger partial charge in [-0.15, -0.1) is 13.2 Å². The minimum Gasteiger partial charge on any atom is -0.419 e. The van der Waals surface area contributed by atoms with Gasteiger partial charge >= 0.3 is 11.9 Å². The van der Waals surface area contributed by atoms with Crippen molar-refractivity contribution in [2.75, 3.05) is 6.54 Å². The van der Waals surface area contributed by atoms with Crippen LogP contribution in [0.5, 0.6) is 11.5 Å². The third kappa shape index (κ3) is 10.0. The Labute approximate surface area is 178 Å². The highest BCUT2D eigenvalue weighted by atomic mass is 16.6. The molecule has 0 bridgehead atoms. The topological polar surface area (TPSA) is 84.9 Å². The number of hydrogen-bond acceptors (Lipinski definition) is 6. The minimum atomic E-state index is -0.838. The molecule has 1 rings (SSSR count). The van der Waals surface area contributed by atoms with Gasteiger partial charge in [0.1, 0.15) is 0 Å². The molecule has 1 aromatic rings. The second-order valence-electron chi connectivity index (χ2n) is 7.55. The Morgan fingerprint density at radius 1 is 1.03 bits per heavy atom. The molecule has 0 aliphatic heterocycles. The molecule has 0 spiro atoms. The Morgan fingerprint density at radius 3 is 2.07 bits per heavy atom. The zero-order valence-corrected chi connectivity index (χ0v) is 17.9.